The Hall–Kier alpha value is -1.95. The SMILES string of the molecule is Nc1ccc(Cl)nc1Oc1cccc(C(F)(F)F)c1. The van der Waals surface area contributed by atoms with Crippen molar-refractivity contribution in [2.45, 2.75) is 6.18 Å². The van der Waals surface area contributed by atoms with Crippen LogP contribution < -0.4 is 10.5 Å². The second kappa shape index (κ2) is 4.97. The van der Waals surface area contributed by atoms with E-state index >= 15 is 0 Å². The summed E-state index contributed by atoms with van der Waals surface area (Å²) in [5.74, 6) is -0.0527. The van der Waals surface area contributed by atoms with Crippen molar-refractivity contribution in [3.05, 3.63) is 47.1 Å². The molecule has 2 rings (SSSR count). The second-order valence-electron chi connectivity index (χ2n) is 3.66. The van der Waals surface area contributed by atoms with Crippen molar-refractivity contribution in [1.82, 2.24) is 4.98 Å². The van der Waals surface area contributed by atoms with Gasteiger partial charge in [0.1, 0.15) is 10.9 Å². The summed E-state index contributed by atoms with van der Waals surface area (Å²) in [6, 6.07) is 7.33. The number of aromatic nitrogens is 1. The zero-order valence-electron chi connectivity index (χ0n) is 9.41. The van der Waals surface area contributed by atoms with E-state index in [0.717, 1.165) is 12.1 Å². The summed E-state index contributed by atoms with van der Waals surface area (Å²) in [7, 11) is 0. The molecular formula is C12H8ClF3N2O. The van der Waals surface area contributed by atoms with Gasteiger partial charge in [-0.2, -0.15) is 18.2 Å². The molecule has 0 aliphatic carbocycles. The first-order chi connectivity index (χ1) is 8.86. The lowest BCUT2D eigenvalue weighted by molar-refractivity contribution is -0.137. The van der Waals surface area contributed by atoms with Crippen molar-refractivity contribution in [2.75, 3.05) is 5.73 Å². The summed E-state index contributed by atoms with van der Waals surface area (Å²) in [6.45, 7) is 0. The molecule has 3 nitrogen and oxygen atoms in total. The third-order valence-corrected chi connectivity index (χ3v) is 2.44. The number of nitrogens with zero attached hydrogens (tertiary/aromatic N) is 1. The largest absolute Gasteiger partial charge is 0.437 e. The molecule has 0 saturated carbocycles. The number of hydrogen-bond donors (Lipinski definition) is 1. The molecule has 0 bridgehead atoms. The highest BCUT2D eigenvalue weighted by Crippen LogP contribution is 2.33. The number of pyridine rings is 1. The fourth-order valence-corrected chi connectivity index (χ4v) is 1.50. The Morgan fingerprint density at radius 2 is 1.89 bits per heavy atom. The summed E-state index contributed by atoms with van der Waals surface area (Å²) in [4.78, 5) is 3.80. The van der Waals surface area contributed by atoms with Crippen molar-refractivity contribution in [2.24, 2.45) is 0 Å². The van der Waals surface area contributed by atoms with E-state index in [1.807, 2.05) is 0 Å². The number of benzene rings is 1. The van der Waals surface area contributed by atoms with Gasteiger partial charge in [-0.1, -0.05) is 17.7 Å². The van der Waals surface area contributed by atoms with Crippen LogP contribution in [-0.4, -0.2) is 4.98 Å². The van der Waals surface area contributed by atoms with Crippen LogP contribution in [0.1, 0.15) is 5.56 Å². The highest BCUT2D eigenvalue weighted by molar-refractivity contribution is 6.29. The summed E-state index contributed by atoms with van der Waals surface area (Å²) >= 11 is 5.66. The van der Waals surface area contributed by atoms with Crippen molar-refractivity contribution in [3.8, 4) is 11.6 Å². The lowest BCUT2D eigenvalue weighted by Gasteiger charge is -2.10. The Morgan fingerprint density at radius 1 is 1.16 bits per heavy atom. The maximum absolute atomic E-state index is 12.5. The van der Waals surface area contributed by atoms with Crippen molar-refractivity contribution < 1.29 is 17.9 Å². The molecule has 0 unspecified atom stereocenters. The van der Waals surface area contributed by atoms with E-state index in [2.05, 4.69) is 4.98 Å². The van der Waals surface area contributed by atoms with E-state index in [1.54, 1.807) is 0 Å². The van der Waals surface area contributed by atoms with E-state index in [-0.39, 0.29) is 22.5 Å². The molecule has 0 amide bonds. The normalized spacial score (nSPS) is 11.4. The van der Waals surface area contributed by atoms with Crippen LogP contribution in [0, 0.1) is 0 Å². The molecule has 2 N–H and O–H groups in total. The first-order valence-corrected chi connectivity index (χ1v) is 5.51. The summed E-state index contributed by atoms with van der Waals surface area (Å²) in [6.07, 6.45) is -4.44. The van der Waals surface area contributed by atoms with Gasteiger partial charge in [0.2, 0.25) is 5.88 Å². The maximum Gasteiger partial charge on any atom is 0.416 e. The fraction of sp³-hybridized carbons (Fsp3) is 0.0833. The number of ether oxygens (including phenoxy) is 1. The number of nitrogen functional groups attached to an aromatic ring is 1. The summed E-state index contributed by atoms with van der Waals surface area (Å²) in [5, 5.41) is 0.135. The van der Waals surface area contributed by atoms with E-state index < -0.39 is 11.7 Å². The average Bonchev–Trinajstić information content (AvgIpc) is 2.33. The molecule has 0 spiro atoms. The van der Waals surface area contributed by atoms with Gasteiger partial charge in [0.25, 0.3) is 0 Å². The lowest BCUT2D eigenvalue weighted by atomic mass is 10.2. The van der Waals surface area contributed by atoms with E-state index in [9.17, 15) is 13.2 Å². The minimum absolute atomic E-state index is 0.0173. The Kier molecular flexibility index (Phi) is 3.53. The van der Waals surface area contributed by atoms with Gasteiger partial charge in [0, 0.05) is 0 Å². The number of nitrogens with two attached hydrogens (primary N) is 1. The Bertz CT molecular complexity index is 602. The molecule has 7 heteroatoms. The van der Waals surface area contributed by atoms with Crippen LogP contribution in [0.3, 0.4) is 0 Å². The molecule has 1 heterocycles. The van der Waals surface area contributed by atoms with E-state index in [1.165, 1.54) is 24.3 Å². The van der Waals surface area contributed by atoms with Crippen molar-refractivity contribution >= 4 is 17.3 Å². The van der Waals surface area contributed by atoms with Gasteiger partial charge in [0.05, 0.1) is 11.3 Å². The third-order valence-electron chi connectivity index (χ3n) is 2.23. The highest BCUT2D eigenvalue weighted by Gasteiger charge is 2.30. The quantitative estimate of drug-likeness (QED) is 0.845. The number of rotatable bonds is 2. The zero-order valence-corrected chi connectivity index (χ0v) is 10.2. The van der Waals surface area contributed by atoms with Crippen LogP contribution in [0.2, 0.25) is 5.15 Å². The molecule has 0 fully saturated rings. The molecule has 0 radical (unpaired) electrons. The van der Waals surface area contributed by atoms with E-state index in [4.69, 9.17) is 22.1 Å². The zero-order chi connectivity index (χ0) is 14.0. The van der Waals surface area contributed by atoms with Gasteiger partial charge in [-0.05, 0) is 30.3 Å². The summed E-state index contributed by atoms with van der Waals surface area (Å²) < 4.78 is 42.8. The van der Waals surface area contributed by atoms with Gasteiger partial charge in [-0.25, -0.2) is 0 Å². The van der Waals surface area contributed by atoms with Gasteiger partial charge >= 0.3 is 6.18 Å². The van der Waals surface area contributed by atoms with Crippen molar-refractivity contribution in [3.63, 3.8) is 0 Å². The molecule has 0 atom stereocenters. The van der Waals surface area contributed by atoms with Gasteiger partial charge < -0.3 is 10.5 Å². The Labute approximate surface area is 111 Å². The molecule has 100 valence electrons. The molecule has 0 aliphatic heterocycles. The molecule has 1 aromatic heterocycles. The third kappa shape index (κ3) is 3.29. The fourth-order valence-electron chi connectivity index (χ4n) is 1.36. The smallest absolute Gasteiger partial charge is 0.416 e. The summed E-state index contributed by atoms with van der Waals surface area (Å²) in [5.41, 5.74) is 4.96. The van der Waals surface area contributed by atoms with Crippen LogP contribution in [0.5, 0.6) is 11.6 Å². The Morgan fingerprint density at radius 3 is 2.58 bits per heavy atom. The number of alkyl halides is 3. The number of hydrogen-bond acceptors (Lipinski definition) is 3. The first-order valence-electron chi connectivity index (χ1n) is 5.13. The predicted octanol–water partition coefficient (Wildman–Crippen LogP) is 4.13. The maximum atomic E-state index is 12.5. The van der Waals surface area contributed by atoms with Gasteiger partial charge in [0.15, 0.2) is 0 Å². The molecule has 0 saturated heterocycles. The van der Waals surface area contributed by atoms with Crippen molar-refractivity contribution in [1.29, 1.82) is 0 Å². The molecule has 19 heavy (non-hydrogen) atoms. The Balaban J connectivity index is 2.31. The minimum Gasteiger partial charge on any atom is -0.437 e. The van der Waals surface area contributed by atoms with Crippen LogP contribution in [-0.2, 0) is 6.18 Å². The monoisotopic (exact) mass is 288 g/mol. The van der Waals surface area contributed by atoms with Crippen LogP contribution in [0.25, 0.3) is 0 Å². The highest BCUT2D eigenvalue weighted by atomic mass is 35.5. The second-order valence-corrected chi connectivity index (χ2v) is 4.04. The van der Waals surface area contributed by atoms with Gasteiger partial charge in [-0.3, -0.25) is 0 Å². The van der Waals surface area contributed by atoms with Crippen LogP contribution in [0.4, 0.5) is 18.9 Å². The minimum atomic E-state index is -4.44. The molecular weight excluding hydrogens is 281 g/mol. The predicted molar refractivity (Wildman–Crippen MR) is 65.2 cm³/mol. The first kappa shape index (κ1) is 13.5. The van der Waals surface area contributed by atoms with Crippen LogP contribution in [0.15, 0.2) is 36.4 Å². The van der Waals surface area contributed by atoms with E-state index in [0.29, 0.717) is 0 Å². The number of halogens is 4. The lowest BCUT2D eigenvalue weighted by Crippen LogP contribution is -2.04. The number of anilines is 1. The standard InChI is InChI=1S/C12H8ClF3N2O/c13-10-5-4-9(17)11(18-10)19-8-3-1-2-7(6-8)12(14,15)16/h1-6H,17H2. The average molecular weight is 289 g/mol. The molecule has 1 aromatic carbocycles. The van der Waals surface area contributed by atoms with Gasteiger partial charge in [-0.15, -0.1) is 0 Å². The molecule has 2 aromatic rings. The molecule has 0 aliphatic rings. The topological polar surface area (TPSA) is 48.1 Å². The van der Waals surface area contributed by atoms with Crippen LogP contribution >= 0.6 is 11.6 Å².